The number of amides is 3. The summed E-state index contributed by atoms with van der Waals surface area (Å²) in [5.41, 5.74) is 2.93. The number of benzene rings is 1. The van der Waals surface area contributed by atoms with E-state index < -0.39 is 12.4 Å². The van der Waals surface area contributed by atoms with E-state index in [1.807, 2.05) is 31.3 Å². The zero-order valence-electron chi connectivity index (χ0n) is 23.0. The van der Waals surface area contributed by atoms with E-state index in [0.717, 1.165) is 58.8 Å². The molecule has 2 aliphatic rings. The van der Waals surface area contributed by atoms with Gasteiger partial charge in [0.25, 0.3) is 0 Å². The van der Waals surface area contributed by atoms with E-state index in [9.17, 15) is 14.0 Å². The van der Waals surface area contributed by atoms with Crippen LogP contribution in [0.4, 0.5) is 14.9 Å². The number of hydrogen-bond donors (Lipinski definition) is 3. The summed E-state index contributed by atoms with van der Waals surface area (Å²) >= 11 is 1.47. The maximum atomic E-state index is 14.9. The summed E-state index contributed by atoms with van der Waals surface area (Å²) in [5.74, 6) is -0.297. The molecule has 218 valence electrons. The fourth-order valence-corrected chi connectivity index (χ4v) is 6.08. The van der Waals surface area contributed by atoms with Crippen LogP contribution in [0.1, 0.15) is 25.3 Å². The summed E-state index contributed by atoms with van der Waals surface area (Å²) in [6.07, 6.45) is 5.41. The second-order valence-electron chi connectivity index (χ2n) is 10.6. The Morgan fingerprint density at radius 1 is 1.12 bits per heavy atom. The molecular weight excluding hydrogens is 559 g/mol. The van der Waals surface area contributed by atoms with Gasteiger partial charge >= 0.3 is 6.03 Å². The minimum Gasteiger partial charge on any atom is -0.453 e. The van der Waals surface area contributed by atoms with E-state index in [1.165, 1.54) is 23.5 Å². The molecule has 0 unspecified atom stereocenters. The minimum absolute atomic E-state index is 0.0367. The van der Waals surface area contributed by atoms with E-state index >= 15 is 0 Å². The van der Waals surface area contributed by atoms with Gasteiger partial charge in [-0.05, 0) is 49.6 Å². The van der Waals surface area contributed by atoms with Gasteiger partial charge in [-0.1, -0.05) is 6.07 Å². The number of halogens is 1. The number of carbonyl (C=O) groups excluding carboxylic acids is 2. The summed E-state index contributed by atoms with van der Waals surface area (Å²) < 4.78 is 21.6. The number of anilines is 1. The van der Waals surface area contributed by atoms with E-state index in [2.05, 4.69) is 25.5 Å². The summed E-state index contributed by atoms with van der Waals surface area (Å²) in [4.78, 5) is 37.9. The van der Waals surface area contributed by atoms with E-state index in [1.54, 1.807) is 23.2 Å². The number of carbonyl (C=O) groups is 2. The SMILES string of the molecule is C[C@@H]1CN(Cc2ccc(-c3cc4nccc(Oc5ccc(NC(=O)NC6CC6)cc5F)c4s3)nc2)CCN1C(=O)CO. The molecular formula is C30H31FN6O4S. The quantitative estimate of drug-likeness (QED) is 0.274. The Morgan fingerprint density at radius 2 is 1.98 bits per heavy atom. The Bertz CT molecular complexity index is 1610. The van der Waals surface area contributed by atoms with Gasteiger partial charge in [0.05, 0.1) is 20.8 Å². The van der Waals surface area contributed by atoms with Crippen molar-refractivity contribution in [1.29, 1.82) is 0 Å². The van der Waals surface area contributed by atoms with Crippen LogP contribution in [0.25, 0.3) is 20.8 Å². The maximum absolute atomic E-state index is 14.9. The highest BCUT2D eigenvalue weighted by Gasteiger charge is 2.27. The van der Waals surface area contributed by atoms with E-state index in [4.69, 9.17) is 9.84 Å². The molecule has 0 bridgehead atoms. The third kappa shape index (κ3) is 6.35. The Kier molecular flexibility index (Phi) is 8.00. The maximum Gasteiger partial charge on any atom is 0.319 e. The fourth-order valence-electron chi connectivity index (χ4n) is 5.04. The van der Waals surface area contributed by atoms with Crippen molar-refractivity contribution in [3.05, 3.63) is 66.2 Å². The number of nitrogens with one attached hydrogen (secondary N) is 2. The predicted molar refractivity (Wildman–Crippen MR) is 158 cm³/mol. The van der Waals surface area contributed by atoms with Gasteiger partial charge in [-0.15, -0.1) is 11.3 Å². The average Bonchev–Trinajstić information content (AvgIpc) is 3.68. The fraction of sp³-hybridized carbons (Fsp3) is 0.333. The molecule has 4 heterocycles. The van der Waals surface area contributed by atoms with Crippen molar-refractivity contribution in [3.63, 3.8) is 0 Å². The summed E-state index contributed by atoms with van der Waals surface area (Å²) in [6.45, 7) is 4.31. The van der Waals surface area contributed by atoms with Gasteiger partial charge in [0.15, 0.2) is 11.6 Å². The molecule has 3 N–H and O–H groups in total. The zero-order chi connectivity index (χ0) is 29.2. The number of fused-ring (bicyclic) bond motifs is 1. The molecule has 0 radical (unpaired) electrons. The second kappa shape index (κ2) is 12.0. The molecule has 1 saturated heterocycles. The van der Waals surface area contributed by atoms with Crippen LogP contribution in [0.3, 0.4) is 0 Å². The van der Waals surface area contributed by atoms with Crippen LogP contribution in [0, 0.1) is 5.82 Å². The minimum atomic E-state index is -0.589. The lowest BCUT2D eigenvalue weighted by molar-refractivity contribution is -0.138. The van der Waals surface area contributed by atoms with Gasteiger partial charge in [0, 0.05) is 68.5 Å². The third-order valence-electron chi connectivity index (χ3n) is 7.35. The number of rotatable bonds is 8. The van der Waals surface area contributed by atoms with Crippen molar-refractivity contribution in [2.24, 2.45) is 0 Å². The van der Waals surface area contributed by atoms with Crippen LogP contribution in [0.5, 0.6) is 11.5 Å². The summed E-state index contributed by atoms with van der Waals surface area (Å²) in [6, 6.07) is 11.9. The number of aliphatic hydroxyl groups excluding tert-OH is 1. The molecule has 3 aromatic heterocycles. The summed E-state index contributed by atoms with van der Waals surface area (Å²) in [5, 5.41) is 14.6. The molecule has 4 aromatic rings. The van der Waals surface area contributed by atoms with E-state index in [-0.39, 0.29) is 29.8 Å². The Balaban J connectivity index is 1.12. The lowest BCUT2D eigenvalue weighted by atomic mass is 10.1. The summed E-state index contributed by atoms with van der Waals surface area (Å²) in [7, 11) is 0. The topological polar surface area (TPSA) is 120 Å². The molecule has 3 amide bonds. The first-order valence-electron chi connectivity index (χ1n) is 13.9. The number of urea groups is 1. The first-order chi connectivity index (χ1) is 20.4. The molecule has 1 aliphatic carbocycles. The standard InChI is InChI=1S/C30H31FN6O4S/c1-18-15-36(10-11-37(18)28(39)17-38)16-19-2-6-23(33-14-19)27-13-24-29(42-27)26(8-9-32-24)41-25-7-5-21(12-22(25)31)35-30(40)34-20-3-4-20/h2,5-9,12-14,18,20,38H,3-4,10-11,15-17H2,1H3,(H2,34,35,40)/t18-/m1/s1. The molecule has 0 spiro atoms. The van der Waals surface area contributed by atoms with Gasteiger partial charge in [0.1, 0.15) is 12.4 Å². The van der Waals surface area contributed by atoms with Crippen LogP contribution in [0.15, 0.2) is 54.9 Å². The van der Waals surface area contributed by atoms with Crippen LogP contribution in [0.2, 0.25) is 0 Å². The van der Waals surface area contributed by atoms with E-state index in [0.29, 0.717) is 18.0 Å². The van der Waals surface area contributed by atoms with Crippen molar-refractivity contribution in [2.45, 2.75) is 38.4 Å². The van der Waals surface area contributed by atoms with Crippen LogP contribution in [-0.2, 0) is 11.3 Å². The lowest BCUT2D eigenvalue weighted by Gasteiger charge is -2.39. The molecule has 42 heavy (non-hydrogen) atoms. The number of thiophene rings is 1. The largest absolute Gasteiger partial charge is 0.453 e. The zero-order valence-corrected chi connectivity index (χ0v) is 23.9. The molecule has 6 rings (SSSR count). The molecule has 1 aliphatic heterocycles. The van der Waals surface area contributed by atoms with Crippen LogP contribution in [-0.4, -0.2) is 75.1 Å². The monoisotopic (exact) mass is 590 g/mol. The molecule has 12 heteroatoms. The van der Waals surface area contributed by atoms with Gasteiger partial charge in [-0.3, -0.25) is 19.7 Å². The van der Waals surface area contributed by atoms with Crippen molar-refractivity contribution in [1.82, 2.24) is 25.1 Å². The normalized spacial score (nSPS) is 17.3. The first-order valence-corrected chi connectivity index (χ1v) is 14.7. The van der Waals surface area contributed by atoms with Crippen molar-refractivity contribution >= 4 is 39.2 Å². The van der Waals surface area contributed by atoms with Gasteiger partial charge in [-0.2, -0.15) is 0 Å². The third-order valence-corrected chi connectivity index (χ3v) is 8.51. The van der Waals surface area contributed by atoms with Crippen LogP contribution >= 0.6 is 11.3 Å². The number of hydrogen-bond acceptors (Lipinski definition) is 8. The molecule has 1 aromatic carbocycles. The number of aliphatic hydroxyl groups is 1. The predicted octanol–water partition coefficient (Wildman–Crippen LogP) is 4.60. The lowest BCUT2D eigenvalue weighted by Crippen LogP contribution is -2.54. The van der Waals surface area contributed by atoms with Crippen LogP contribution < -0.4 is 15.4 Å². The number of aromatic nitrogens is 2. The van der Waals surface area contributed by atoms with Gasteiger partial charge < -0.3 is 25.4 Å². The number of pyridine rings is 2. The Morgan fingerprint density at radius 3 is 2.69 bits per heavy atom. The number of ether oxygens (including phenoxy) is 1. The van der Waals surface area contributed by atoms with Crippen molar-refractivity contribution in [2.75, 3.05) is 31.6 Å². The average molecular weight is 591 g/mol. The highest BCUT2D eigenvalue weighted by Crippen LogP contribution is 2.39. The highest BCUT2D eigenvalue weighted by molar-refractivity contribution is 7.22. The number of nitrogens with zero attached hydrogens (tertiary/aromatic N) is 4. The number of piperazine rings is 1. The second-order valence-corrected chi connectivity index (χ2v) is 11.7. The highest BCUT2D eigenvalue weighted by atomic mass is 32.1. The molecule has 2 fully saturated rings. The smallest absolute Gasteiger partial charge is 0.319 e. The Labute approximate surface area is 246 Å². The van der Waals surface area contributed by atoms with Gasteiger partial charge in [0.2, 0.25) is 5.91 Å². The molecule has 1 atom stereocenters. The molecule has 1 saturated carbocycles. The van der Waals surface area contributed by atoms with Gasteiger partial charge in [-0.25, -0.2) is 9.18 Å². The molecule has 10 nitrogen and oxygen atoms in total. The van der Waals surface area contributed by atoms with Crippen molar-refractivity contribution < 1.29 is 23.8 Å². The Hall–Kier alpha value is -4.13. The first kappa shape index (κ1) is 28.0. The van der Waals surface area contributed by atoms with Crippen molar-refractivity contribution in [3.8, 4) is 22.1 Å².